The van der Waals surface area contributed by atoms with Crippen molar-refractivity contribution in [1.82, 2.24) is 15.1 Å². The first-order chi connectivity index (χ1) is 12.0. The maximum Gasteiger partial charge on any atom is 0.275 e. The number of anilines is 3. The summed E-state index contributed by atoms with van der Waals surface area (Å²) >= 11 is 0. The lowest BCUT2D eigenvalue weighted by Crippen LogP contribution is -2.15. The molecular weight excluding hydrogens is 322 g/mol. The first kappa shape index (κ1) is 16.4. The van der Waals surface area contributed by atoms with Crippen molar-refractivity contribution in [3.05, 3.63) is 53.7 Å². The third kappa shape index (κ3) is 3.92. The smallest absolute Gasteiger partial charge is 0.275 e. The van der Waals surface area contributed by atoms with E-state index in [0.717, 1.165) is 5.56 Å². The molecule has 2 N–H and O–H groups in total. The van der Waals surface area contributed by atoms with Crippen LogP contribution in [-0.4, -0.2) is 28.1 Å². The number of carbonyl (C=O) groups is 1. The van der Waals surface area contributed by atoms with E-state index in [1.54, 1.807) is 26.2 Å². The van der Waals surface area contributed by atoms with E-state index in [0.29, 0.717) is 28.8 Å². The lowest BCUT2D eigenvalue weighted by molar-refractivity contribution is 0.102. The van der Waals surface area contributed by atoms with E-state index < -0.39 is 0 Å². The lowest BCUT2D eigenvalue weighted by atomic mass is 10.2. The number of amides is 1. The molecule has 8 nitrogen and oxygen atoms in total. The van der Waals surface area contributed by atoms with Gasteiger partial charge in [0.2, 0.25) is 0 Å². The molecule has 1 amide bonds. The maximum atomic E-state index is 12.3. The minimum Gasteiger partial charge on any atom is -0.495 e. The molecule has 0 spiro atoms. The summed E-state index contributed by atoms with van der Waals surface area (Å²) in [6.45, 7) is 3.72. The SMILES string of the molecule is COc1ccc(C)cc1NC(=O)c1cnc(Nc2cc(C)on2)cn1. The first-order valence-electron chi connectivity index (χ1n) is 7.53. The molecule has 2 aromatic heterocycles. The molecule has 2 heterocycles. The monoisotopic (exact) mass is 339 g/mol. The average Bonchev–Trinajstić information content (AvgIpc) is 3.00. The van der Waals surface area contributed by atoms with E-state index in [-0.39, 0.29) is 11.6 Å². The fraction of sp³-hybridized carbons (Fsp3) is 0.176. The number of hydrogen-bond donors (Lipinski definition) is 2. The first-order valence-corrected chi connectivity index (χ1v) is 7.53. The molecule has 0 radical (unpaired) electrons. The van der Waals surface area contributed by atoms with Gasteiger partial charge in [-0.3, -0.25) is 4.79 Å². The van der Waals surface area contributed by atoms with Crippen molar-refractivity contribution in [2.75, 3.05) is 17.7 Å². The number of nitrogens with one attached hydrogen (secondary N) is 2. The molecule has 0 aliphatic carbocycles. The Hall–Kier alpha value is -3.42. The summed E-state index contributed by atoms with van der Waals surface area (Å²) in [5.41, 5.74) is 1.77. The lowest BCUT2D eigenvalue weighted by Gasteiger charge is -2.10. The number of methoxy groups -OCH3 is 1. The van der Waals surface area contributed by atoms with Crippen molar-refractivity contribution < 1.29 is 14.1 Å². The maximum absolute atomic E-state index is 12.3. The summed E-state index contributed by atoms with van der Waals surface area (Å²) in [5, 5.41) is 9.52. The van der Waals surface area contributed by atoms with Crippen LogP contribution in [0.1, 0.15) is 21.8 Å². The summed E-state index contributed by atoms with van der Waals surface area (Å²) in [6, 6.07) is 7.25. The van der Waals surface area contributed by atoms with Crippen LogP contribution in [0.4, 0.5) is 17.3 Å². The van der Waals surface area contributed by atoms with Gasteiger partial charge in [0.25, 0.3) is 5.91 Å². The van der Waals surface area contributed by atoms with Crippen molar-refractivity contribution >= 4 is 23.2 Å². The van der Waals surface area contributed by atoms with E-state index in [4.69, 9.17) is 9.26 Å². The van der Waals surface area contributed by atoms with Crippen LogP contribution < -0.4 is 15.4 Å². The van der Waals surface area contributed by atoms with Gasteiger partial charge >= 0.3 is 0 Å². The zero-order chi connectivity index (χ0) is 17.8. The Balaban J connectivity index is 1.71. The molecule has 0 saturated heterocycles. The minimum absolute atomic E-state index is 0.186. The third-order valence-electron chi connectivity index (χ3n) is 3.37. The molecule has 128 valence electrons. The standard InChI is InChI=1S/C17H17N5O3/c1-10-4-5-14(24-3)12(6-10)20-17(23)13-8-19-16(9-18-13)21-15-7-11(2)25-22-15/h4-9H,1-3H3,(H,20,23)(H,19,21,22). The molecule has 0 aliphatic rings. The Kier molecular flexibility index (Phi) is 4.60. The number of hydrogen-bond acceptors (Lipinski definition) is 7. The van der Waals surface area contributed by atoms with Crippen molar-refractivity contribution in [3.63, 3.8) is 0 Å². The van der Waals surface area contributed by atoms with E-state index in [9.17, 15) is 4.79 Å². The summed E-state index contributed by atoms with van der Waals surface area (Å²) in [5.74, 6) is 1.86. The highest BCUT2D eigenvalue weighted by Gasteiger charge is 2.12. The molecule has 0 unspecified atom stereocenters. The quantitative estimate of drug-likeness (QED) is 0.736. The van der Waals surface area contributed by atoms with Gasteiger partial charge in [-0.15, -0.1) is 0 Å². The van der Waals surface area contributed by atoms with E-state index in [1.807, 2.05) is 19.1 Å². The van der Waals surface area contributed by atoms with Crippen molar-refractivity contribution in [3.8, 4) is 5.75 Å². The molecule has 8 heteroatoms. The van der Waals surface area contributed by atoms with E-state index in [2.05, 4.69) is 25.8 Å². The topological polar surface area (TPSA) is 102 Å². The normalized spacial score (nSPS) is 10.4. The number of aromatic nitrogens is 3. The Morgan fingerprint density at radius 3 is 2.60 bits per heavy atom. The van der Waals surface area contributed by atoms with Gasteiger partial charge in [-0.1, -0.05) is 11.2 Å². The Morgan fingerprint density at radius 1 is 1.12 bits per heavy atom. The average molecular weight is 339 g/mol. The summed E-state index contributed by atoms with van der Waals surface area (Å²) < 4.78 is 10.2. The summed E-state index contributed by atoms with van der Waals surface area (Å²) in [7, 11) is 1.55. The van der Waals surface area contributed by atoms with Crippen molar-refractivity contribution in [2.24, 2.45) is 0 Å². The Morgan fingerprint density at radius 2 is 1.96 bits per heavy atom. The fourth-order valence-corrected chi connectivity index (χ4v) is 2.17. The van der Waals surface area contributed by atoms with Crippen LogP contribution in [0.2, 0.25) is 0 Å². The second-order valence-electron chi connectivity index (χ2n) is 5.39. The highest BCUT2D eigenvalue weighted by molar-refractivity contribution is 6.03. The molecule has 0 aliphatic heterocycles. The molecule has 0 bridgehead atoms. The Bertz CT molecular complexity index is 890. The molecule has 0 saturated carbocycles. The molecule has 3 rings (SSSR count). The van der Waals surface area contributed by atoms with Gasteiger partial charge < -0.3 is 19.9 Å². The van der Waals surface area contributed by atoms with Crippen LogP contribution in [0.3, 0.4) is 0 Å². The predicted molar refractivity (Wildman–Crippen MR) is 92.2 cm³/mol. The Labute approximate surface area is 144 Å². The highest BCUT2D eigenvalue weighted by atomic mass is 16.5. The van der Waals surface area contributed by atoms with E-state index in [1.165, 1.54) is 12.4 Å². The van der Waals surface area contributed by atoms with Crippen LogP contribution in [-0.2, 0) is 0 Å². The predicted octanol–water partition coefficient (Wildman–Crippen LogP) is 3.09. The molecule has 25 heavy (non-hydrogen) atoms. The van der Waals surface area contributed by atoms with Gasteiger partial charge in [0, 0.05) is 6.07 Å². The van der Waals surface area contributed by atoms with Gasteiger partial charge in [-0.05, 0) is 31.5 Å². The third-order valence-corrected chi connectivity index (χ3v) is 3.37. The van der Waals surface area contributed by atoms with Gasteiger partial charge in [0.1, 0.15) is 23.0 Å². The zero-order valence-corrected chi connectivity index (χ0v) is 14.0. The largest absolute Gasteiger partial charge is 0.495 e. The van der Waals surface area contributed by atoms with Crippen LogP contribution in [0.25, 0.3) is 0 Å². The number of ether oxygens (including phenoxy) is 1. The van der Waals surface area contributed by atoms with Crippen molar-refractivity contribution in [2.45, 2.75) is 13.8 Å². The molecule has 0 fully saturated rings. The minimum atomic E-state index is -0.375. The van der Waals surface area contributed by atoms with Gasteiger partial charge in [0.05, 0.1) is 25.2 Å². The summed E-state index contributed by atoms with van der Waals surface area (Å²) in [4.78, 5) is 20.6. The van der Waals surface area contributed by atoms with Crippen LogP contribution in [0.5, 0.6) is 5.75 Å². The van der Waals surface area contributed by atoms with Gasteiger partial charge in [-0.25, -0.2) is 9.97 Å². The molecule has 3 aromatic rings. The van der Waals surface area contributed by atoms with Crippen LogP contribution >= 0.6 is 0 Å². The number of nitrogens with zero attached hydrogens (tertiary/aromatic N) is 3. The second-order valence-corrected chi connectivity index (χ2v) is 5.39. The molecular formula is C17H17N5O3. The zero-order valence-electron chi connectivity index (χ0n) is 14.0. The fourth-order valence-electron chi connectivity index (χ4n) is 2.17. The molecule has 0 atom stereocenters. The number of rotatable bonds is 5. The van der Waals surface area contributed by atoms with Crippen molar-refractivity contribution in [1.29, 1.82) is 0 Å². The highest BCUT2D eigenvalue weighted by Crippen LogP contribution is 2.25. The second kappa shape index (κ2) is 7.00. The molecule has 1 aromatic carbocycles. The van der Waals surface area contributed by atoms with Gasteiger partial charge in [-0.2, -0.15) is 0 Å². The van der Waals surface area contributed by atoms with Crippen LogP contribution in [0, 0.1) is 13.8 Å². The number of aryl methyl sites for hydroxylation is 2. The van der Waals surface area contributed by atoms with Gasteiger partial charge in [0.15, 0.2) is 5.82 Å². The van der Waals surface area contributed by atoms with E-state index >= 15 is 0 Å². The number of benzene rings is 1. The van der Waals surface area contributed by atoms with Crippen LogP contribution in [0.15, 0.2) is 41.2 Å². The number of carbonyl (C=O) groups excluding carboxylic acids is 1. The summed E-state index contributed by atoms with van der Waals surface area (Å²) in [6.07, 6.45) is 2.83.